The number of rotatable bonds is 11. The third-order valence-electron chi connectivity index (χ3n) is 5.52. The van der Waals surface area contributed by atoms with Crippen molar-refractivity contribution in [1.29, 1.82) is 0 Å². The smallest absolute Gasteiger partial charge is 0.0631 e. The van der Waals surface area contributed by atoms with E-state index in [9.17, 15) is 5.21 Å². The third-order valence-corrected chi connectivity index (χ3v) is 6.56. The number of hydroxylamine groups is 2. The van der Waals surface area contributed by atoms with Gasteiger partial charge in [-0.2, -0.15) is 16.8 Å². The predicted octanol–water partition coefficient (Wildman–Crippen LogP) is 7.72. The van der Waals surface area contributed by atoms with Gasteiger partial charge in [-0.1, -0.05) is 41.0 Å². The maximum Gasteiger partial charge on any atom is 0.0631 e. The summed E-state index contributed by atoms with van der Waals surface area (Å²) in [6.07, 6.45) is 15.1. The van der Waals surface area contributed by atoms with Crippen LogP contribution in [0.15, 0.2) is 46.6 Å². The largest absolute Gasteiger partial charge is 0.312 e. The minimum absolute atomic E-state index is 0.266. The Labute approximate surface area is 178 Å². The van der Waals surface area contributed by atoms with E-state index in [2.05, 4.69) is 79.7 Å². The fraction of sp³-hybridized carbons (Fsp3) is 0.680. The highest BCUT2D eigenvalue weighted by Crippen LogP contribution is 2.39. The minimum Gasteiger partial charge on any atom is -0.312 e. The fourth-order valence-electron chi connectivity index (χ4n) is 3.65. The third kappa shape index (κ3) is 8.31. The maximum atomic E-state index is 10.4. The summed E-state index contributed by atoms with van der Waals surface area (Å²) < 4.78 is 0. The van der Waals surface area contributed by atoms with Crippen molar-refractivity contribution < 1.29 is 5.21 Å². The molecule has 0 bridgehead atoms. The van der Waals surface area contributed by atoms with E-state index in [1.165, 1.54) is 33.8 Å². The molecule has 0 aromatic heterocycles. The lowest BCUT2D eigenvalue weighted by molar-refractivity contribution is -0.185. The summed E-state index contributed by atoms with van der Waals surface area (Å²) in [5, 5.41) is 11.9. The van der Waals surface area contributed by atoms with E-state index in [0.717, 1.165) is 37.2 Å². The molecule has 0 aliphatic carbocycles. The molecule has 0 unspecified atom stereocenters. The van der Waals surface area contributed by atoms with Gasteiger partial charge in [0.25, 0.3) is 0 Å². The maximum absolute atomic E-state index is 10.4. The standard InChI is InChI=1S/C25H43NOS/c1-20(2)12-9-13-21(3)14-10-15-22(4)16-11-17-28-19-23-18-24(5,6)26(27)25(23,7)8/h12,14,16,18,27H,9-11,13,15,17,19H2,1-8H3. The van der Waals surface area contributed by atoms with Gasteiger partial charge in [-0.3, -0.25) is 0 Å². The molecule has 160 valence electrons. The summed E-state index contributed by atoms with van der Waals surface area (Å²) in [6.45, 7) is 17.2. The highest BCUT2D eigenvalue weighted by molar-refractivity contribution is 7.99. The molecule has 1 heterocycles. The van der Waals surface area contributed by atoms with Gasteiger partial charge in [0.2, 0.25) is 0 Å². The number of hydrogen-bond acceptors (Lipinski definition) is 3. The second-order valence-corrected chi connectivity index (χ2v) is 10.6. The van der Waals surface area contributed by atoms with E-state index in [0.29, 0.717) is 0 Å². The summed E-state index contributed by atoms with van der Waals surface area (Å²) in [6, 6.07) is 0. The number of hydrogen-bond donors (Lipinski definition) is 1. The van der Waals surface area contributed by atoms with E-state index in [4.69, 9.17) is 0 Å². The van der Waals surface area contributed by atoms with Crippen LogP contribution in [0, 0.1) is 0 Å². The average Bonchev–Trinajstić information content (AvgIpc) is 2.73. The first-order valence-corrected chi connectivity index (χ1v) is 11.9. The number of allylic oxidation sites excluding steroid dienone is 6. The van der Waals surface area contributed by atoms with Crippen LogP contribution in [0.5, 0.6) is 0 Å². The molecule has 1 N–H and O–H groups in total. The van der Waals surface area contributed by atoms with Gasteiger partial charge in [-0.05, 0) is 98.8 Å². The average molecular weight is 406 g/mol. The fourth-order valence-corrected chi connectivity index (χ4v) is 4.73. The van der Waals surface area contributed by atoms with Crippen LogP contribution in [-0.2, 0) is 0 Å². The van der Waals surface area contributed by atoms with E-state index < -0.39 is 0 Å². The van der Waals surface area contributed by atoms with Gasteiger partial charge in [0.1, 0.15) is 0 Å². The Morgan fingerprint density at radius 1 is 0.929 bits per heavy atom. The molecule has 0 amide bonds. The van der Waals surface area contributed by atoms with Crippen LogP contribution in [0.1, 0.15) is 87.5 Å². The molecule has 1 rings (SSSR count). The molecule has 1 aliphatic rings. The molecule has 0 aromatic carbocycles. The molecule has 0 saturated carbocycles. The molecule has 0 atom stereocenters. The summed E-state index contributed by atoms with van der Waals surface area (Å²) in [7, 11) is 0. The van der Waals surface area contributed by atoms with Gasteiger partial charge < -0.3 is 5.21 Å². The Morgan fingerprint density at radius 3 is 1.96 bits per heavy atom. The molecule has 0 spiro atoms. The highest BCUT2D eigenvalue weighted by atomic mass is 32.2. The molecular weight excluding hydrogens is 362 g/mol. The highest BCUT2D eigenvalue weighted by Gasteiger charge is 2.44. The molecule has 0 fully saturated rings. The Hall–Kier alpha value is -0.770. The van der Waals surface area contributed by atoms with Crippen molar-refractivity contribution in [2.24, 2.45) is 0 Å². The lowest BCUT2D eigenvalue weighted by Crippen LogP contribution is -2.48. The van der Waals surface area contributed by atoms with E-state index in [1.807, 2.05) is 11.8 Å². The summed E-state index contributed by atoms with van der Waals surface area (Å²) >= 11 is 1.97. The molecule has 1 aliphatic heterocycles. The molecule has 0 aromatic rings. The second kappa shape index (κ2) is 11.4. The topological polar surface area (TPSA) is 23.5 Å². The Bertz CT molecular complexity index is 618. The van der Waals surface area contributed by atoms with Crippen molar-refractivity contribution >= 4 is 11.8 Å². The molecule has 28 heavy (non-hydrogen) atoms. The Kier molecular flexibility index (Phi) is 10.3. The lowest BCUT2D eigenvalue weighted by atomic mass is 9.98. The monoisotopic (exact) mass is 405 g/mol. The SMILES string of the molecule is CC(C)=CCCC(C)=CCCC(C)=CCCSCC1=CC(C)(C)N(O)C1(C)C. The van der Waals surface area contributed by atoms with Gasteiger partial charge in [0, 0.05) is 5.75 Å². The zero-order chi connectivity index (χ0) is 21.4. The van der Waals surface area contributed by atoms with Crippen molar-refractivity contribution in [2.75, 3.05) is 11.5 Å². The zero-order valence-electron chi connectivity index (χ0n) is 19.6. The van der Waals surface area contributed by atoms with Crippen molar-refractivity contribution in [3.63, 3.8) is 0 Å². The Morgan fingerprint density at radius 2 is 1.46 bits per heavy atom. The van der Waals surface area contributed by atoms with Crippen LogP contribution in [0.3, 0.4) is 0 Å². The molecule has 2 nitrogen and oxygen atoms in total. The van der Waals surface area contributed by atoms with E-state index in [-0.39, 0.29) is 11.1 Å². The van der Waals surface area contributed by atoms with Crippen LogP contribution >= 0.6 is 11.8 Å². The normalized spacial score (nSPS) is 19.7. The predicted molar refractivity (Wildman–Crippen MR) is 127 cm³/mol. The zero-order valence-corrected chi connectivity index (χ0v) is 20.4. The minimum atomic E-state index is -0.271. The first kappa shape index (κ1) is 25.3. The van der Waals surface area contributed by atoms with Crippen LogP contribution in [0.4, 0.5) is 0 Å². The van der Waals surface area contributed by atoms with Crippen LogP contribution in [0.2, 0.25) is 0 Å². The summed E-state index contributed by atoms with van der Waals surface area (Å²) in [5.41, 5.74) is 5.21. The number of nitrogens with zero attached hydrogens (tertiary/aromatic N) is 1. The lowest BCUT2D eigenvalue weighted by Gasteiger charge is -2.36. The van der Waals surface area contributed by atoms with Crippen molar-refractivity contribution in [2.45, 2.75) is 98.6 Å². The Balaban J connectivity index is 2.28. The van der Waals surface area contributed by atoms with E-state index >= 15 is 0 Å². The molecule has 0 radical (unpaired) electrons. The van der Waals surface area contributed by atoms with Crippen molar-refractivity contribution in [3.8, 4) is 0 Å². The van der Waals surface area contributed by atoms with Gasteiger partial charge >= 0.3 is 0 Å². The van der Waals surface area contributed by atoms with Gasteiger partial charge in [0.15, 0.2) is 0 Å². The number of thioether (sulfide) groups is 1. The second-order valence-electron chi connectivity index (χ2n) is 9.50. The van der Waals surface area contributed by atoms with Crippen molar-refractivity contribution in [3.05, 3.63) is 46.6 Å². The summed E-state index contributed by atoms with van der Waals surface area (Å²) in [5.74, 6) is 2.13. The van der Waals surface area contributed by atoms with Crippen LogP contribution < -0.4 is 0 Å². The van der Waals surface area contributed by atoms with Gasteiger partial charge in [0.05, 0.1) is 11.1 Å². The molecule has 0 saturated heterocycles. The van der Waals surface area contributed by atoms with Crippen molar-refractivity contribution in [1.82, 2.24) is 5.06 Å². The van der Waals surface area contributed by atoms with Crippen LogP contribution in [0.25, 0.3) is 0 Å². The van der Waals surface area contributed by atoms with Gasteiger partial charge in [-0.15, -0.1) is 0 Å². The first-order chi connectivity index (χ1) is 13.0. The first-order valence-electron chi connectivity index (χ1n) is 10.7. The van der Waals surface area contributed by atoms with Gasteiger partial charge in [-0.25, -0.2) is 0 Å². The quantitative estimate of drug-likeness (QED) is 0.281. The van der Waals surface area contributed by atoms with E-state index in [1.54, 1.807) is 0 Å². The molecular formula is C25H43NOS. The summed E-state index contributed by atoms with van der Waals surface area (Å²) in [4.78, 5) is 0. The van der Waals surface area contributed by atoms with Crippen LogP contribution in [-0.4, -0.2) is 32.9 Å². The molecule has 3 heteroatoms.